The topological polar surface area (TPSA) is 77.8 Å². The smallest absolute Gasteiger partial charge is 0.303 e. The second-order valence-electron chi connectivity index (χ2n) is 10.6. The molecule has 10 atom stereocenters. The predicted molar refractivity (Wildman–Crippen MR) is 109 cm³/mol. The Morgan fingerprint density at radius 2 is 1.96 bits per heavy atom. The Labute approximate surface area is 177 Å². The Morgan fingerprint density at radius 1 is 1.21 bits per heavy atom. The third-order valence-corrected chi connectivity index (χ3v) is 9.50. The molecule has 4 fully saturated rings. The van der Waals surface area contributed by atoms with E-state index in [1.807, 2.05) is 6.92 Å². The van der Waals surface area contributed by atoms with Gasteiger partial charge in [0.1, 0.15) is 0 Å². The lowest BCUT2D eigenvalue weighted by molar-refractivity contribution is -0.175. The molecule has 160 valence electrons. The minimum atomic E-state index is -2.81. The van der Waals surface area contributed by atoms with E-state index < -0.39 is 42.2 Å². The Balaban J connectivity index is 1.66. The van der Waals surface area contributed by atoms with Crippen LogP contribution in [-0.4, -0.2) is 33.5 Å². The molecule has 0 aliphatic heterocycles. The Kier molecular flexibility index (Phi) is 3.95. The molecule has 28 heavy (non-hydrogen) atoms. The highest BCUT2D eigenvalue weighted by Gasteiger charge is 2.63. The average Bonchev–Trinajstić information content (AvgIpc) is 3.04. The van der Waals surface area contributed by atoms with Crippen LogP contribution < -0.4 is 0 Å². The zero-order valence-electron chi connectivity index (χ0n) is 22.4. The Bertz CT molecular complexity index is 804. The summed E-state index contributed by atoms with van der Waals surface area (Å²) in [6, 6.07) is 0. The van der Waals surface area contributed by atoms with Crippen LogP contribution in [0.1, 0.15) is 91.7 Å². The van der Waals surface area contributed by atoms with Crippen molar-refractivity contribution in [2.45, 2.75) is 97.1 Å². The molecule has 4 aliphatic rings. The fourth-order valence-electron chi connectivity index (χ4n) is 7.91. The van der Waals surface area contributed by atoms with Crippen molar-refractivity contribution < 1.29 is 27.0 Å². The first-order valence-electron chi connectivity index (χ1n) is 13.6. The van der Waals surface area contributed by atoms with Gasteiger partial charge in [-0.3, -0.25) is 4.79 Å². The van der Waals surface area contributed by atoms with Crippen molar-refractivity contribution in [2.24, 2.45) is 46.3 Å². The van der Waals surface area contributed by atoms with Gasteiger partial charge in [0.2, 0.25) is 0 Å². The molecule has 0 aromatic carbocycles. The normalized spacial score (nSPS) is 60.5. The molecule has 4 nitrogen and oxygen atoms in total. The van der Waals surface area contributed by atoms with Gasteiger partial charge >= 0.3 is 5.97 Å². The molecule has 4 rings (SSSR count). The van der Waals surface area contributed by atoms with E-state index in [1.165, 1.54) is 0 Å². The summed E-state index contributed by atoms with van der Waals surface area (Å²) in [6.07, 6.45) is -3.96. The SMILES string of the molecule is [2H]C1([2H])C[C@@]2(C)[C@H](CC[C@@H]3[C@@H]2C[C@H](O)[C@]2(C)[C@@H]([C@H](C)CCC(=O)O)CC[C@@H]32)C([2H])([2H])[C@]1([2H])O. The van der Waals surface area contributed by atoms with Crippen LogP contribution in [0.2, 0.25) is 0 Å². The van der Waals surface area contributed by atoms with Crippen LogP contribution in [0, 0.1) is 46.3 Å². The first-order chi connectivity index (χ1) is 15.0. The van der Waals surface area contributed by atoms with E-state index in [-0.39, 0.29) is 47.8 Å². The lowest BCUT2D eigenvalue weighted by atomic mass is 9.43. The molecule has 0 aromatic rings. The maximum Gasteiger partial charge on any atom is 0.303 e. The van der Waals surface area contributed by atoms with Gasteiger partial charge in [0.05, 0.1) is 13.6 Å². The number of fused-ring (bicyclic) bond motifs is 5. The van der Waals surface area contributed by atoms with Crippen molar-refractivity contribution in [2.75, 3.05) is 0 Å². The van der Waals surface area contributed by atoms with E-state index in [4.69, 9.17) is 12.0 Å². The van der Waals surface area contributed by atoms with Crippen LogP contribution in [0.4, 0.5) is 0 Å². The molecule has 0 heterocycles. The van der Waals surface area contributed by atoms with Gasteiger partial charge in [-0.1, -0.05) is 20.8 Å². The van der Waals surface area contributed by atoms with Crippen LogP contribution in [0.25, 0.3) is 0 Å². The summed E-state index contributed by atoms with van der Waals surface area (Å²) in [5.41, 5.74) is -1.08. The van der Waals surface area contributed by atoms with E-state index in [9.17, 15) is 15.0 Å². The summed E-state index contributed by atoms with van der Waals surface area (Å²) < 4.78 is 42.3. The summed E-state index contributed by atoms with van der Waals surface area (Å²) in [5, 5.41) is 31.3. The van der Waals surface area contributed by atoms with Crippen LogP contribution in [-0.2, 0) is 4.79 Å². The Hall–Kier alpha value is -0.610. The number of aliphatic hydroxyl groups is 2. The highest BCUT2D eigenvalue weighted by Crippen LogP contribution is 2.68. The minimum Gasteiger partial charge on any atom is -0.481 e. The zero-order valence-corrected chi connectivity index (χ0v) is 17.4. The van der Waals surface area contributed by atoms with E-state index in [0.29, 0.717) is 19.3 Å². The molecule has 4 aliphatic carbocycles. The maximum absolute atomic E-state index is 11.6. The number of aliphatic carboxylic acids is 1. The van der Waals surface area contributed by atoms with Gasteiger partial charge in [-0.05, 0) is 104 Å². The van der Waals surface area contributed by atoms with Crippen molar-refractivity contribution in [3.8, 4) is 0 Å². The van der Waals surface area contributed by atoms with Crippen molar-refractivity contribution in [3.05, 3.63) is 0 Å². The number of hydrogen-bond donors (Lipinski definition) is 3. The molecule has 0 amide bonds. The molecule has 0 bridgehead atoms. The second kappa shape index (κ2) is 7.27. The first kappa shape index (κ1) is 15.2. The third-order valence-electron chi connectivity index (χ3n) is 9.50. The first-order valence-corrected chi connectivity index (χ1v) is 11.1. The van der Waals surface area contributed by atoms with Gasteiger partial charge in [0.15, 0.2) is 0 Å². The minimum absolute atomic E-state index is 0.0707. The molecular weight excluding hydrogens is 352 g/mol. The average molecular weight is 398 g/mol. The molecule has 0 spiro atoms. The molecule has 0 radical (unpaired) electrons. The van der Waals surface area contributed by atoms with Gasteiger partial charge in [-0.25, -0.2) is 0 Å². The number of carboxylic acids is 1. The van der Waals surface area contributed by atoms with Gasteiger partial charge in [0.25, 0.3) is 0 Å². The van der Waals surface area contributed by atoms with E-state index in [2.05, 4.69) is 13.8 Å². The number of carbonyl (C=O) groups is 1. The quantitative estimate of drug-likeness (QED) is 0.654. The van der Waals surface area contributed by atoms with Crippen LogP contribution in [0.15, 0.2) is 0 Å². The highest BCUT2D eigenvalue weighted by atomic mass is 16.4. The molecular formula is C24H40O4. The van der Waals surface area contributed by atoms with Gasteiger partial charge < -0.3 is 15.3 Å². The predicted octanol–water partition coefficient (Wildman–Crippen LogP) is 4.48. The molecule has 0 aromatic heterocycles. The summed E-state index contributed by atoms with van der Waals surface area (Å²) >= 11 is 0. The van der Waals surface area contributed by atoms with Crippen molar-refractivity contribution >= 4 is 5.97 Å². The standard InChI is InChI=1S/C24H40O4/c1-14(4-9-22(27)28)18-7-8-19-17-6-5-15-12-16(25)10-11-23(15,2)20(17)13-21(26)24(18,19)3/h14-21,25-26H,4-13H2,1-3H3,(H,27,28)/t14-,15-,16-,17+,18-,19+,20+,21+,23+,24-/m1/s1/i10D2,12D2,16D. The fourth-order valence-corrected chi connectivity index (χ4v) is 7.91. The number of hydrogen-bond acceptors (Lipinski definition) is 3. The molecule has 0 unspecified atom stereocenters. The van der Waals surface area contributed by atoms with E-state index in [1.54, 1.807) is 0 Å². The molecule has 0 saturated heterocycles. The van der Waals surface area contributed by atoms with E-state index in [0.717, 1.165) is 19.3 Å². The fraction of sp³-hybridized carbons (Fsp3) is 0.958. The van der Waals surface area contributed by atoms with Crippen LogP contribution in [0.5, 0.6) is 0 Å². The number of rotatable bonds is 4. The monoisotopic (exact) mass is 397 g/mol. The van der Waals surface area contributed by atoms with Gasteiger partial charge in [-0.2, -0.15) is 0 Å². The summed E-state index contributed by atoms with van der Waals surface area (Å²) in [4.78, 5) is 11.1. The molecule has 4 heteroatoms. The lowest BCUT2D eigenvalue weighted by Crippen LogP contribution is -2.58. The van der Waals surface area contributed by atoms with Crippen molar-refractivity contribution in [1.82, 2.24) is 0 Å². The Morgan fingerprint density at radius 3 is 2.68 bits per heavy atom. The van der Waals surface area contributed by atoms with Crippen LogP contribution in [0.3, 0.4) is 0 Å². The van der Waals surface area contributed by atoms with Gasteiger partial charge in [0, 0.05) is 11.9 Å². The van der Waals surface area contributed by atoms with E-state index >= 15 is 0 Å². The molecule has 4 saturated carbocycles. The number of aliphatic hydroxyl groups excluding tert-OH is 1. The lowest BCUT2D eigenvalue weighted by Gasteiger charge is -2.62. The van der Waals surface area contributed by atoms with Crippen LogP contribution >= 0.6 is 0 Å². The largest absolute Gasteiger partial charge is 0.481 e. The summed E-state index contributed by atoms with van der Waals surface area (Å²) in [5.74, 6) is -0.627. The number of carboxylic acid groups (broad SMARTS) is 1. The van der Waals surface area contributed by atoms with Gasteiger partial charge in [-0.15, -0.1) is 0 Å². The second-order valence-corrected chi connectivity index (χ2v) is 10.6. The van der Waals surface area contributed by atoms with Crippen molar-refractivity contribution in [3.63, 3.8) is 0 Å². The van der Waals surface area contributed by atoms with Crippen molar-refractivity contribution in [1.29, 1.82) is 0 Å². The summed E-state index contributed by atoms with van der Waals surface area (Å²) in [7, 11) is 0. The molecule has 3 N–H and O–H groups in total. The maximum atomic E-state index is 11.6. The zero-order chi connectivity index (χ0) is 24.8. The highest BCUT2D eigenvalue weighted by molar-refractivity contribution is 5.66. The summed E-state index contributed by atoms with van der Waals surface area (Å²) in [6.45, 7) is 6.18. The third kappa shape index (κ3) is 3.05.